The zero-order valence-corrected chi connectivity index (χ0v) is 21.0. The minimum absolute atomic E-state index is 0.187. The van der Waals surface area contributed by atoms with Gasteiger partial charge in [0.05, 0.1) is 24.1 Å². The predicted molar refractivity (Wildman–Crippen MR) is 130 cm³/mol. The van der Waals surface area contributed by atoms with Gasteiger partial charge < -0.3 is 14.6 Å². The Hall–Kier alpha value is -3.25. The summed E-state index contributed by atoms with van der Waals surface area (Å²) in [4.78, 5) is 16.0. The summed E-state index contributed by atoms with van der Waals surface area (Å²) < 4.78 is 53.3. The second-order valence-electron chi connectivity index (χ2n) is 10.5. The van der Waals surface area contributed by atoms with Crippen molar-refractivity contribution < 1.29 is 32.5 Å². The molecule has 0 bridgehead atoms. The number of pyridine rings is 1. The van der Waals surface area contributed by atoms with Crippen molar-refractivity contribution in [2.75, 3.05) is 11.9 Å². The van der Waals surface area contributed by atoms with Crippen molar-refractivity contribution in [1.82, 2.24) is 4.98 Å². The SMILES string of the molecule is CC(C)(C)OC(=O)Nc1cnccc1C#CCC(O)(CC(C)(C)c1cccc2c1OCC2)C(F)(F)F. The van der Waals surface area contributed by atoms with Crippen molar-refractivity contribution in [2.45, 2.75) is 76.7 Å². The van der Waals surface area contributed by atoms with Crippen molar-refractivity contribution in [2.24, 2.45) is 0 Å². The van der Waals surface area contributed by atoms with Crippen LogP contribution in [0.2, 0.25) is 0 Å². The third kappa shape index (κ3) is 6.49. The monoisotopic (exact) mass is 504 g/mol. The maximum absolute atomic E-state index is 14.1. The van der Waals surface area contributed by atoms with Crippen LogP contribution in [-0.4, -0.2) is 40.2 Å². The van der Waals surface area contributed by atoms with Gasteiger partial charge in [-0.15, -0.1) is 0 Å². The number of amides is 1. The highest BCUT2D eigenvalue weighted by Crippen LogP contribution is 2.46. The third-order valence-corrected chi connectivity index (χ3v) is 5.77. The molecule has 1 aliphatic rings. The van der Waals surface area contributed by atoms with Gasteiger partial charge in [0.1, 0.15) is 11.4 Å². The van der Waals surface area contributed by atoms with Gasteiger partial charge in [0.15, 0.2) is 5.60 Å². The fourth-order valence-corrected chi connectivity index (χ4v) is 4.14. The molecular formula is C27H31F3N2O4. The van der Waals surface area contributed by atoms with Crippen molar-refractivity contribution in [1.29, 1.82) is 0 Å². The van der Waals surface area contributed by atoms with Crippen LogP contribution in [0.1, 0.15) is 64.2 Å². The Bertz CT molecular complexity index is 1180. The zero-order valence-electron chi connectivity index (χ0n) is 21.0. The number of carbonyl (C=O) groups is 1. The van der Waals surface area contributed by atoms with Gasteiger partial charge in [0.2, 0.25) is 0 Å². The van der Waals surface area contributed by atoms with E-state index in [1.807, 2.05) is 6.07 Å². The largest absolute Gasteiger partial charge is 0.493 e. The molecule has 1 aromatic carbocycles. The van der Waals surface area contributed by atoms with Crippen LogP contribution in [0.4, 0.5) is 23.7 Å². The van der Waals surface area contributed by atoms with Crippen LogP contribution in [0.15, 0.2) is 36.7 Å². The first-order chi connectivity index (χ1) is 16.6. The number of para-hydroxylation sites is 1. The Balaban J connectivity index is 1.84. The standard InChI is InChI=1S/C27H31F3N2O4/c1-24(2,3)36-23(33)32-21-16-31-14-11-18(21)9-7-13-26(34,27(28,29)30)17-25(4,5)20-10-6-8-19-12-15-35-22(19)20/h6,8,10-11,14,16,34H,12-13,15,17H2,1-5H3,(H,32,33). The Labute approximate surface area is 209 Å². The van der Waals surface area contributed by atoms with E-state index in [0.29, 0.717) is 24.3 Å². The molecule has 0 aliphatic carbocycles. The molecule has 1 aromatic heterocycles. The number of fused-ring (bicyclic) bond motifs is 1. The molecule has 2 aromatic rings. The maximum atomic E-state index is 14.1. The topological polar surface area (TPSA) is 80.7 Å². The molecule has 2 heterocycles. The van der Waals surface area contributed by atoms with Crippen LogP contribution >= 0.6 is 0 Å². The number of carbonyl (C=O) groups excluding carboxylic acids is 1. The van der Waals surface area contributed by atoms with Crippen molar-refractivity contribution >= 4 is 11.8 Å². The first-order valence-corrected chi connectivity index (χ1v) is 11.6. The summed E-state index contributed by atoms with van der Waals surface area (Å²) in [6.45, 7) is 8.88. The van der Waals surface area contributed by atoms with Gasteiger partial charge in [0.25, 0.3) is 0 Å². The molecule has 0 spiro atoms. The van der Waals surface area contributed by atoms with Crippen LogP contribution in [0.5, 0.6) is 5.75 Å². The van der Waals surface area contributed by atoms with Gasteiger partial charge >= 0.3 is 12.3 Å². The average Bonchev–Trinajstić information content (AvgIpc) is 3.21. The van der Waals surface area contributed by atoms with Crippen LogP contribution in [0, 0.1) is 11.8 Å². The lowest BCUT2D eigenvalue weighted by molar-refractivity contribution is -0.264. The van der Waals surface area contributed by atoms with E-state index in [2.05, 4.69) is 22.1 Å². The van der Waals surface area contributed by atoms with E-state index < -0.39 is 41.7 Å². The molecule has 36 heavy (non-hydrogen) atoms. The van der Waals surface area contributed by atoms with Gasteiger partial charge in [-0.1, -0.05) is 43.9 Å². The van der Waals surface area contributed by atoms with Crippen LogP contribution < -0.4 is 10.1 Å². The first-order valence-electron chi connectivity index (χ1n) is 11.6. The second-order valence-corrected chi connectivity index (χ2v) is 10.5. The highest BCUT2D eigenvalue weighted by molar-refractivity contribution is 5.86. The molecule has 194 valence electrons. The summed E-state index contributed by atoms with van der Waals surface area (Å²) in [7, 11) is 0. The van der Waals surface area contributed by atoms with Gasteiger partial charge in [-0.25, -0.2) is 4.79 Å². The highest BCUT2D eigenvalue weighted by Gasteiger charge is 2.55. The molecule has 1 unspecified atom stereocenters. The van der Waals surface area contributed by atoms with E-state index in [1.165, 1.54) is 18.5 Å². The molecule has 0 saturated heterocycles. The Morgan fingerprint density at radius 1 is 1.19 bits per heavy atom. The molecule has 1 atom stereocenters. The highest BCUT2D eigenvalue weighted by atomic mass is 19.4. The van der Waals surface area contributed by atoms with Gasteiger partial charge in [-0.05, 0) is 44.2 Å². The molecule has 6 nitrogen and oxygen atoms in total. The normalized spacial score (nSPS) is 15.1. The van der Waals surface area contributed by atoms with E-state index in [4.69, 9.17) is 9.47 Å². The van der Waals surface area contributed by atoms with E-state index in [0.717, 1.165) is 5.56 Å². The number of halogens is 3. The lowest BCUT2D eigenvalue weighted by atomic mass is 9.73. The molecule has 3 rings (SSSR count). The maximum Gasteiger partial charge on any atom is 0.418 e. The third-order valence-electron chi connectivity index (χ3n) is 5.77. The number of rotatable bonds is 5. The van der Waals surface area contributed by atoms with Crippen molar-refractivity contribution in [3.05, 3.63) is 53.3 Å². The van der Waals surface area contributed by atoms with Crippen molar-refractivity contribution in [3.8, 4) is 17.6 Å². The Morgan fingerprint density at radius 2 is 1.92 bits per heavy atom. The molecule has 0 radical (unpaired) electrons. The number of aromatic nitrogens is 1. The number of hydrogen-bond acceptors (Lipinski definition) is 5. The number of hydrogen-bond donors (Lipinski definition) is 2. The lowest BCUT2D eigenvalue weighted by Crippen LogP contribution is -2.49. The lowest BCUT2D eigenvalue weighted by Gasteiger charge is -2.37. The number of anilines is 1. The molecule has 1 aliphatic heterocycles. The van der Waals surface area contributed by atoms with Crippen LogP contribution in [0.25, 0.3) is 0 Å². The number of alkyl halides is 3. The zero-order chi connectivity index (χ0) is 26.8. The van der Waals surface area contributed by atoms with E-state index in [-0.39, 0.29) is 11.3 Å². The minimum Gasteiger partial charge on any atom is -0.493 e. The minimum atomic E-state index is -4.92. The quantitative estimate of drug-likeness (QED) is 0.506. The first kappa shape index (κ1) is 27.3. The fourth-order valence-electron chi connectivity index (χ4n) is 4.14. The Kier molecular flexibility index (Phi) is 7.61. The summed E-state index contributed by atoms with van der Waals surface area (Å²) in [5.74, 6) is 5.69. The Morgan fingerprint density at radius 3 is 2.58 bits per heavy atom. The molecule has 2 N–H and O–H groups in total. The van der Waals surface area contributed by atoms with Crippen molar-refractivity contribution in [3.63, 3.8) is 0 Å². The molecular weight excluding hydrogens is 473 g/mol. The molecule has 0 fully saturated rings. The summed E-state index contributed by atoms with van der Waals surface area (Å²) in [6, 6.07) is 6.87. The molecule has 0 saturated carbocycles. The summed E-state index contributed by atoms with van der Waals surface area (Å²) in [5, 5.41) is 13.3. The number of aliphatic hydroxyl groups is 1. The number of nitrogens with zero attached hydrogens (tertiary/aromatic N) is 1. The number of ether oxygens (including phenoxy) is 2. The predicted octanol–water partition coefficient (Wildman–Crippen LogP) is 5.77. The smallest absolute Gasteiger partial charge is 0.418 e. The summed E-state index contributed by atoms with van der Waals surface area (Å²) in [5.41, 5.74) is -2.87. The number of nitrogens with one attached hydrogen (secondary N) is 1. The fraction of sp³-hybridized carbons (Fsp3) is 0.481. The summed E-state index contributed by atoms with van der Waals surface area (Å²) in [6.07, 6.45) is -3.72. The van der Waals surface area contributed by atoms with E-state index >= 15 is 0 Å². The number of benzene rings is 1. The van der Waals surface area contributed by atoms with Crippen LogP contribution in [-0.2, 0) is 16.6 Å². The van der Waals surface area contributed by atoms with Gasteiger partial charge in [-0.3, -0.25) is 10.3 Å². The molecule has 1 amide bonds. The molecule has 9 heteroatoms. The van der Waals surface area contributed by atoms with E-state index in [9.17, 15) is 23.1 Å². The van der Waals surface area contributed by atoms with Gasteiger partial charge in [-0.2, -0.15) is 13.2 Å². The summed E-state index contributed by atoms with van der Waals surface area (Å²) >= 11 is 0. The van der Waals surface area contributed by atoms with Crippen LogP contribution in [0.3, 0.4) is 0 Å². The second kappa shape index (κ2) is 10.0. The van der Waals surface area contributed by atoms with Gasteiger partial charge in [0, 0.05) is 24.6 Å². The average molecular weight is 505 g/mol. The van der Waals surface area contributed by atoms with E-state index in [1.54, 1.807) is 46.8 Å².